The highest BCUT2D eigenvalue weighted by Crippen LogP contribution is 2.34. The Morgan fingerprint density at radius 1 is 1.29 bits per heavy atom. The second-order valence-electron chi connectivity index (χ2n) is 6.65. The number of pyridine rings is 1. The van der Waals surface area contributed by atoms with Gasteiger partial charge in [0.1, 0.15) is 11.4 Å². The average molecular weight is 323 g/mol. The van der Waals surface area contributed by atoms with Crippen molar-refractivity contribution in [2.75, 3.05) is 6.54 Å². The number of nitrogens with zero attached hydrogens (tertiary/aromatic N) is 3. The van der Waals surface area contributed by atoms with Gasteiger partial charge in [-0.3, -0.25) is 14.1 Å². The van der Waals surface area contributed by atoms with E-state index >= 15 is 0 Å². The number of furan rings is 1. The second-order valence-corrected chi connectivity index (χ2v) is 6.65. The molecule has 0 amide bonds. The smallest absolute Gasteiger partial charge is 0.258 e. The molecule has 0 unspecified atom stereocenters. The first-order valence-electron chi connectivity index (χ1n) is 8.45. The van der Waals surface area contributed by atoms with Gasteiger partial charge in [-0.15, -0.1) is 0 Å². The van der Waals surface area contributed by atoms with Gasteiger partial charge in [-0.05, 0) is 49.6 Å². The van der Waals surface area contributed by atoms with Crippen LogP contribution in [0.2, 0.25) is 0 Å². The maximum absolute atomic E-state index is 12.3. The first-order chi connectivity index (χ1) is 11.7. The van der Waals surface area contributed by atoms with Crippen molar-refractivity contribution in [3.8, 4) is 0 Å². The van der Waals surface area contributed by atoms with Crippen LogP contribution < -0.4 is 5.56 Å². The van der Waals surface area contributed by atoms with E-state index in [4.69, 9.17) is 4.42 Å². The molecule has 24 heavy (non-hydrogen) atoms. The Balaban J connectivity index is 1.64. The van der Waals surface area contributed by atoms with Crippen molar-refractivity contribution >= 4 is 5.65 Å². The van der Waals surface area contributed by atoms with Gasteiger partial charge < -0.3 is 4.42 Å². The maximum Gasteiger partial charge on any atom is 0.258 e. The molecule has 5 heteroatoms. The Kier molecular flexibility index (Phi) is 3.94. The molecule has 0 aromatic carbocycles. The Hall–Kier alpha value is -2.40. The molecular weight excluding hydrogens is 302 g/mol. The van der Waals surface area contributed by atoms with E-state index in [-0.39, 0.29) is 11.6 Å². The zero-order chi connectivity index (χ0) is 16.5. The summed E-state index contributed by atoms with van der Waals surface area (Å²) in [6, 6.07) is 11.5. The number of aromatic nitrogens is 2. The van der Waals surface area contributed by atoms with Crippen LogP contribution in [0.3, 0.4) is 0 Å². The van der Waals surface area contributed by atoms with Gasteiger partial charge in [-0.1, -0.05) is 13.0 Å². The van der Waals surface area contributed by atoms with Crippen LogP contribution >= 0.6 is 0 Å². The van der Waals surface area contributed by atoms with E-state index in [1.165, 1.54) is 0 Å². The van der Waals surface area contributed by atoms with Crippen molar-refractivity contribution in [3.63, 3.8) is 0 Å². The van der Waals surface area contributed by atoms with E-state index in [0.717, 1.165) is 30.8 Å². The van der Waals surface area contributed by atoms with Crippen molar-refractivity contribution in [1.29, 1.82) is 0 Å². The normalized spacial score (nSPS) is 22.0. The fraction of sp³-hybridized carbons (Fsp3) is 0.368. The number of hydrogen-bond donors (Lipinski definition) is 0. The molecular formula is C19H21N3O2. The number of piperidine rings is 1. The predicted molar refractivity (Wildman–Crippen MR) is 91.7 cm³/mol. The molecule has 2 atom stereocenters. The van der Waals surface area contributed by atoms with Gasteiger partial charge in [0.2, 0.25) is 0 Å². The minimum Gasteiger partial charge on any atom is -0.468 e. The third-order valence-electron chi connectivity index (χ3n) is 4.84. The third kappa shape index (κ3) is 2.87. The summed E-state index contributed by atoms with van der Waals surface area (Å²) in [6.07, 6.45) is 5.71. The Morgan fingerprint density at radius 2 is 2.21 bits per heavy atom. The molecule has 1 saturated heterocycles. The minimum absolute atomic E-state index is 0.0319. The number of hydrogen-bond acceptors (Lipinski definition) is 4. The van der Waals surface area contributed by atoms with Gasteiger partial charge in [0.25, 0.3) is 5.56 Å². The van der Waals surface area contributed by atoms with Gasteiger partial charge in [-0.2, -0.15) is 0 Å². The van der Waals surface area contributed by atoms with Gasteiger partial charge in [0, 0.05) is 18.8 Å². The summed E-state index contributed by atoms with van der Waals surface area (Å²) in [5, 5.41) is 0. The van der Waals surface area contributed by atoms with Crippen LogP contribution in [0.4, 0.5) is 0 Å². The zero-order valence-electron chi connectivity index (χ0n) is 13.8. The van der Waals surface area contributed by atoms with Crippen LogP contribution in [-0.4, -0.2) is 20.8 Å². The van der Waals surface area contributed by atoms with Crippen LogP contribution in [0, 0.1) is 5.92 Å². The van der Waals surface area contributed by atoms with Crippen molar-refractivity contribution in [2.24, 2.45) is 5.92 Å². The Morgan fingerprint density at radius 3 is 3.04 bits per heavy atom. The monoisotopic (exact) mass is 323 g/mol. The molecule has 124 valence electrons. The third-order valence-corrected chi connectivity index (χ3v) is 4.84. The average Bonchev–Trinajstić information content (AvgIpc) is 3.11. The van der Waals surface area contributed by atoms with Crippen LogP contribution in [0.1, 0.15) is 37.3 Å². The van der Waals surface area contributed by atoms with Crippen molar-refractivity contribution in [3.05, 3.63) is 70.7 Å². The van der Waals surface area contributed by atoms with Crippen molar-refractivity contribution in [1.82, 2.24) is 14.3 Å². The van der Waals surface area contributed by atoms with E-state index in [1.807, 2.05) is 30.3 Å². The summed E-state index contributed by atoms with van der Waals surface area (Å²) >= 11 is 0. The molecule has 0 N–H and O–H groups in total. The molecule has 5 nitrogen and oxygen atoms in total. The van der Waals surface area contributed by atoms with Crippen LogP contribution in [0.5, 0.6) is 0 Å². The van der Waals surface area contributed by atoms with Gasteiger partial charge >= 0.3 is 0 Å². The molecule has 4 heterocycles. The molecule has 0 radical (unpaired) electrons. The number of rotatable bonds is 3. The van der Waals surface area contributed by atoms with Gasteiger partial charge in [0.15, 0.2) is 0 Å². The van der Waals surface area contributed by atoms with Crippen LogP contribution in [-0.2, 0) is 6.54 Å². The molecule has 1 aliphatic rings. The van der Waals surface area contributed by atoms with Gasteiger partial charge in [0.05, 0.1) is 18.0 Å². The standard InChI is InChI=1S/C19H21N3O2/c1-14-7-9-21(16(11-14)17-5-4-10-24-17)13-15-12-19(23)22-8-3-2-6-18(22)20-15/h2-6,8,10,12,14,16H,7,9,11,13H2,1H3/t14-,16+/m0/s1. The predicted octanol–water partition coefficient (Wildman–Crippen LogP) is 3.26. The summed E-state index contributed by atoms with van der Waals surface area (Å²) < 4.78 is 7.23. The first kappa shape index (κ1) is 15.1. The molecule has 0 saturated carbocycles. The fourth-order valence-electron chi connectivity index (χ4n) is 3.55. The summed E-state index contributed by atoms with van der Waals surface area (Å²) in [5.74, 6) is 1.67. The fourth-order valence-corrected chi connectivity index (χ4v) is 3.55. The lowest BCUT2D eigenvalue weighted by Gasteiger charge is -2.37. The topological polar surface area (TPSA) is 50.8 Å². The number of fused-ring (bicyclic) bond motifs is 1. The van der Waals surface area contributed by atoms with E-state index in [2.05, 4.69) is 16.8 Å². The highest BCUT2D eigenvalue weighted by atomic mass is 16.3. The van der Waals surface area contributed by atoms with E-state index in [9.17, 15) is 4.79 Å². The molecule has 3 aromatic rings. The maximum atomic E-state index is 12.3. The van der Waals surface area contributed by atoms with Crippen molar-refractivity contribution < 1.29 is 4.42 Å². The van der Waals surface area contributed by atoms with E-state index in [1.54, 1.807) is 22.9 Å². The molecule has 0 bridgehead atoms. The Bertz CT molecular complexity index is 885. The first-order valence-corrected chi connectivity index (χ1v) is 8.45. The highest BCUT2D eigenvalue weighted by molar-refractivity contribution is 5.38. The number of likely N-dealkylation sites (tertiary alicyclic amines) is 1. The largest absolute Gasteiger partial charge is 0.468 e. The molecule has 0 spiro atoms. The quantitative estimate of drug-likeness (QED) is 0.742. The lowest BCUT2D eigenvalue weighted by Crippen LogP contribution is -2.36. The second kappa shape index (κ2) is 6.24. The summed E-state index contributed by atoms with van der Waals surface area (Å²) in [4.78, 5) is 19.3. The van der Waals surface area contributed by atoms with Crippen LogP contribution in [0.25, 0.3) is 5.65 Å². The summed E-state index contributed by atoms with van der Waals surface area (Å²) in [7, 11) is 0. The van der Waals surface area contributed by atoms with E-state index in [0.29, 0.717) is 18.1 Å². The van der Waals surface area contributed by atoms with E-state index < -0.39 is 0 Å². The summed E-state index contributed by atoms with van der Waals surface area (Å²) in [6.45, 7) is 3.94. The highest BCUT2D eigenvalue weighted by Gasteiger charge is 2.29. The lowest BCUT2D eigenvalue weighted by atomic mass is 9.91. The zero-order valence-corrected chi connectivity index (χ0v) is 13.8. The van der Waals surface area contributed by atoms with Crippen LogP contribution in [0.15, 0.2) is 58.1 Å². The molecule has 3 aromatic heterocycles. The molecule has 1 fully saturated rings. The van der Waals surface area contributed by atoms with Crippen molar-refractivity contribution in [2.45, 2.75) is 32.4 Å². The Labute approximate surface area is 140 Å². The van der Waals surface area contributed by atoms with Gasteiger partial charge in [-0.25, -0.2) is 4.98 Å². The minimum atomic E-state index is -0.0319. The lowest BCUT2D eigenvalue weighted by molar-refractivity contribution is 0.0932. The molecule has 0 aliphatic carbocycles. The molecule has 1 aliphatic heterocycles. The summed E-state index contributed by atoms with van der Waals surface area (Å²) in [5.41, 5.74) is 1.48. The molecule has 4 rings (SSSR count). The SMILES string of the molecule is C[C@H]1CCN(Cc2cc(=O)n3ccccc3n2)[C@@H](c2ccco2)C1.